The van der Waals surface area contributed by atoms with Crippen LogP contribution < -0.4 is 5.73 Å². The summed E-state index contributed by atoms with van der Waals surface area (Å²) in [5.41, 5.74) is 5.79. The van der Waals surface area contributed by atoms with E-state index in [1.54, 1.807) is 6.26 Å². The molecular weight excluding hydrogens is 208 g/mol. The lowest BCUT2D eigenvalue weighted by molar-refractivity contribution is -0.0497. The van der Waals surface area contributed by atoms with E-state index in [4.69, 9.17) is 14.9 Å². The lowest BCUT2D eigenvalue weighted by Gasteiger charge is -2.38. The molecule has 16 heavy (non-hydrogen) atoms. The molecule has 3 N–H and O–H groups in total. The number of aliphatic hydroxyl groups is 1. The Labute approximate surface area is 94.8 Å². The van der Waals surface area contributed by atoms with Crippen LogP contribution in [0, 0.1) is 0 Å². The average Bonchev–Trinajstić information content (AvgIpc) is 2.84. The Morgan fingerprint density at radius 2 is 2.50 bits per heavy atom. The third kappa shape index (κ3) is 2.27. The molecule has 1 aliphatic heterocycles. The first kappa shape index (κ1) is 11.6. The van der Waals surface area contributed by atoms with E-state index in [2.05, 4.69) is 4.90 Å². The lowest BCUT2D eigenvalue weighted by atomic mass is 10.1. The number of nitrogens with two attached hydrogens (primary N) is 1. The average molecular weight is 226 g/mol. The Kier molecular flexibility index (Phi) is 3.95. The maximum atomic E-state index is 9.31. The highest BCUT2D eigenvalue weighted by molar-refractivity contribution is 5.06. The normalized spacial score (nSPS) is 24.5. The van der Waals surface area contributed by atoms with E-state index in [-0.39, 0.29) is 18.7 Å². The first-order valence-corrected chi connectivity index (χ1v) is 5.54. The predicted octanol–water partition coefficient (Wildman–Crippen LogP) is -0.0275. The van der Waals surface area contributed by atoms with E-state index in [9.17, 15) is 5.11 Å². The van der Waals surface area contributed by atoms with Gasteiger partial charge in [-0.2, -0.15) is 0 Å². The number of rotatable bonds is 4. The van der Waals surface area contributed by atoms with Gasteiger partial charge in [-0.15, -0.1) is 0 Å². The van der Waals surface area contributed by atoms with E-state index >= 15 is 0 Å². The molecule has 0 aromatic carbocycles. The van der Waals surface area contributed by atoms with Crippen molar-refractivity contribution < 1.29 is 14.3 Å². The number of furan rings is 1. The summed E-state index contributed by atoms with van der Waals surface area (Å²) in [6, 6.07) is 3.80. The van der Waals surface area contributed by atoms with Gasteiger partial charge in [-0.05, 0) is 12.1 Å². The fourth-order valence-electron chi connectivity index (χ4n) is 2.13. The molecule has 2 unspecified atom stereocenters. The van der Waals surface area contributed by atoms with Gasteiger partial charge in [0.05, 0.1) is 38.2 Å². The van der Waals surface area contributed by atoms with Crippen molar-refractivity contribution >= 4 is 0 Å². The highest BCUT2D eigenvalue weighted by atomic mass is 16.5. The van der Waals surface area contributed by atoms with Crippen LogP contribution in [0.2, 0.25) is 0 Å². The second-order valence-corrected chi connectivity index (χ2v) is 3.92. The van der Waals surface area contributed by atoms with Gasteiger partial charge in [0, 0.05) is 13.1 Å². The molecule has 5 heteroatoms. The van der Waals surface area contributed by atoms with Crippen molar-refractivity contribution in [3.8, 4) is 0 Å². The van der Waals surface area contributed by atoms with Crippen LogP contribution >= 0.6 is 0 Å². The van der Waals surface area contributed by atoms with Gasteiger partial charge >= 0.3 is 0 Å². The summed E-state index contributed by atoms with van der Waals surface area (Å²) in [5.74, 6) is 0.850. The van der Waals surface area contributed by atoms with Gasteiger partial charge in [-0.25, -0.2) is 0 Å². The Balaban J connectivity index is 2.13. The number of ether oxygens (including phenoxy) is 1. The molecule has 0 spiro atoms. The number of morpholine rings is 1. The van der Waals surface area contributed by atoms with Crippen LogP contribution in [-0.2, 0) is 4.74 Å². The second kappa shape index (κ2) is 5.45. The molecule has 1 aromatic heterocycles. The fraction of sp³-hybridized carbons (Fsp3) is 0.636. The Morgan fingerprint density at radius 1 is 1.62 bits per heavy atom. The van der Waals surface area contributed by atoms with Crippen LogP contribution in [0.1, 0.15) is 11.8 Å². The van der Waals surface area contributed by atoms with Crippen LogP contribution in [0.4, 0.5) is 0 Å². The molecule has 2 atom stereocenters. The lowest BCUT2D eigenvalue weighted by Crippen LogP contribution is -2.50. The van der Waals surface area contributed by atoms with Gasteiger partial charge in [0.15, 0.2) is 0 Å². The van der Waals surface area contributed by atoms with Crippen molar-refractivity contribution in [2.45, 2.75) is 12.1 Å². The predicted molar refractivity (Wildman–Crippen MR) is 58.9 cm³/mol. The Morgan fingerprint density at radius 3 is 3.12 bits per heavy atom. The molecule has 5 nitrogen and oxygen atoms in total. The van der Waals surface area contributed by atoms with Gasteiger partial charge in [-0.3, -0.25) is 4.90 Å². The first-order chi connectivity index (χ1) is 7.86. The largest absolute Gasteiger partial charge is 0.468 e. The topological polar surface area (TPSA) is 71.9 Å². The van der Waals surface area contributed by atoms with Gasteiger partial charge in [0.1, 0.15) is 5.76 Å². The van der Waals surface area contributed by atoms with Crippen LogP contribution in [0.25, 0.3) is 0 Å². The smallest absolute Gasteiger partial charge is 0.122 e. The Bertz CT molecular complexity index is 302. The van der Waals surface area contributed by atoms with Crippen molar-refractivity contribution in [1.82, 2.24) is 4.90 Å². The van der Waals surface area contributed by atoms with Crippen molar-refractivity contribution in [2.24, 2.45) is 5.73 Å². The molecule has 2 heterocycles. The maximum absolute atomic E-state index is 9.31. The summed E-state index contributed by atoms with van der Waals surface area (Å²) >= 11 is 0. The minimum atomic E-state index is 0.00685. The molecule has 2 rings (SSSR count). The van der Waals surface area contributed by atoms with Crippen molar-refractivity contribution in [2.75, 3.05) is 32.9 Å². The molecule has 0 saturated carbocycles. The first-order valence-electron chi connectivity index (χ1n) is 5.54. The van der Waals surface area contributed by atoms with Crippen molar-refractivity contribution in [1.29, 1.82) is 0 Å². The molecule has 0 radical (unpaired) electrons. The molecule has 1 saturated heterocycles. The standard InChI is InChI=1S/C11H18N2O3/c12-6-10(11-2-1-4-16-11)13-3-5-15-8-9(13)7-14/h1-2,4,9-10,14H,3,5-8,12H2. The SMILES string of the molecule is NCC(c1ccco1)N1CCOCC1CO. The number of aliphatic hydroxyl groups excluding tert-OH is 1. The summed E-state index contributed by atoms with van der Waals surface area (Å²) in [5, 5.41) is 9.31. The maximum Gasteiger partial charge on any atom is 0.122 e. The van der Waals surface area contributed by atoms with Crippen LogP contribution in [-0.4, -0.2) is 49.0 Å². The van der Waals surface area contributed by atoms with E-state index in [1.165, 1.54) is 0 Å². The van der Waals surface area contributed by atoms with Gasteiger partial charge in [0.2, 0.25) is 0 Å². The molecule has 90 valence electrons. The number of nitrogens with zero attached hydrogens (tertiary/aromatic N) is 1. The van der Waals surface area contributed by atoms with Crippen LogP contribution in [0.15, 0.2) is 22.8 Å². The third-order valence-corrected chi connectivity index (χ3v) is 2.98. The van der Waals surface area contributed by atoms with E-state index < -0.39 is 0 Å². The highest BCUT2D eigenvalue weighted by Gasteiger charge is 2.30. The molecular formula is C11H18N2O3. The van der Waals surface area contributed by atoms with Crippen LogP contribution in [0.3, 0.4) is 0 Å². The summed E-state index contributed by atoms with van der Waals surface area (Å²) in [6.45, 7) is 2.55. The van der Waals surface area contributed by atoms with Crippen molar-refractivity contribution in [3.63, 3.8) is 0 Å². The van der Waals surface area contributed by atoms with E-state index in [0.29, 0.717) is 19.8 Å². The molecule has 1 aromatic rings. The zero-order chi connectivity index (χ0) is 11.4. The summed E-state index contributed by atoms with van der Waals surface area (Å²) in [4.78, 5) is 2.16. The monoisotopic (exact) mass is 226 g/mol. The van der Waals surface area contributed by atoms with Crippen LogP contribution in [0.5, 0.6) is 0 Å². The molecule has 0 amide bonds. The Hall–Kier alpha value is -0.880. The molecule has 1 aliphatic rings. The highest BCUT2D eigenvalue weighted by Crippen LogP contribution is 2.24. The minimum Gasteiger partial charge on any atom is -0.468 e. The zero-order valence-corrected chi connectivity index (χ0v) is 9.21. The molecule has 0 aliphatic carbocycles. The summed E-state index contributed by atoms with van der Waals surface area (Å²) in [6.07, 6.45) is 1.65. The summed E-state index contributed by atoms with van der Waals surface area (Å²) < 4.78 is 10.7. The van der Waals surface area contributed by atoms with E-state index in [0.717, 1.165) is 12.3 Å². The quantitative estimate of drug-likeness (QED) is 0.754. The third-order valence-electron chi connectivity index (χ3n) is 2.98. The summed E-state index contributed by atoms with van der Waals surface area (Å²) in [7, 11) is 0. The number of hydrogen-bond acceptors (Lipinski definition) is 5. The molecule has 1 fully saturated rings. The fourth-order valence-corrected chi connectivity index (χ4v) is 2.13. The minimum absolute atomic E-state index is 0.00685. The van der Waals surface area contributed by atoms with E-state index in [1.807, 2.05) is 12.1 Å². The van der Waals surface area contributed by atoms with Gasteiger partial charge in [0.25, 0.3) is 0 Å². The van der Waals surface area contributed by atoms with Crippen molar-refractivity contribution in [3.05, 3.63) is 24.2 Å². The molecule has 0 bridgehead atoms. The number of hydrogen-bond donors (Lipinski definition) is 2. The van der Waals surface area contributed by atoms with Gasteiger partial charge in [-0.1, -0.05) is 0 Å². The van der Waals surface area contributed by atoms with Gasteiger partial charge < -0.3 is 20.0 Å². The second-order valence-electron chi connectivity index (χ2n) is 3.92. The zero-order valence-electron chi connectivity index (χ0n) is 9.21.